The van der Waals surface area contributed by atoms with Crippen molar-refractivity contribution in [2.24, 2.45) is 11.0 Å². The molecule has 0 amide bonds. The maximum absolute atomic E-state index is 10.9. The second kappa shape index (κ2) is 14.8. The van der Waals surface area contributed by atoms with E-state index in [1.807, 2.05) is 48.5 Å². The first kappa shape index (κ1) is 33.4. The predicted molar refractivity (Wildman–Crippen MR) is 193 cm³/mol. The Morgan fingerprint density at radius 2 is 1.64 bits per heavy atom. The summed E-state index contributed by atoms with van der Waals surface area (Å²) < 4.78 is 12.7. The minimum atomic E-state index is -0.799. The van der Waals surface area contributed by atoms with Gasteiger partial charge in [0.2, 0.25) is 6.35 Å². The molecule has 0 saturated carbocycles. The fraction of sp³-hybridized carbons (Fsp3) is 0.421. The van der Waals surface area contributed by atoms with Gasteiger partial charge in [0.15, 0.2) is 0 Å². The van der Waals surface area contributed by atoms with Gasteiger partial charge < -0.3 is 24.4 Å². The maximum Gasteiger partial charge on any atom is 0.228 e. The molecule has 0 bridgehead atoms. The number of hydrogen-bond donors (Lipinski definition) is 1. The molecule has 0 aliphatic carbocycles. The van der Waals surface area contributed by atoms with Crippen LogP contribution in [0.3, 0.4) is 0 Å². The van der Waals surface area contributed by atoms with Crippen molar-refractivity contribution in [1.82, 2.24) is 20.0 Å². The molecule has 3 atom stereocenters. The maximum atomic E-state index is 10.9. The summed E-state index contributed by atoms with van der Waals surface area (Å²) in [5.74, 6) is 0.863. The molecule has 3 aromatic carbocycles. The molecule has 2 fully saturated rings. The molecule has 1 unspecified atom stereocenters. The first-order valence-electron chi connectivity index (χ1n) is 17.6. The molecule has 1 aromatic heterocycles. The molecule has 12 heteroatoms. The van der Waals surface area contributed by atoms with E-state index in [1.165, 1.54) is 0 Å². The van der Waals surface area contributed by atoms with Crippen molar-refractivity contribution in [3.8, 4) is 11.8 Å². The van der Waals surface area contributed by atoms with Crippen molar-refractivity contribution in [2.45, 2.75) is 57.6 Å². The summed E-state index contributed by atoms with van der Waals surface area (Å²) in [6.45, 7) is 9.07. The number of aliphatic hydroxyl groups is 1. The molecular formula is C38H45N9O3. The second-order valence-electron chi connectivity index (χ2n) is 13.2. The summed E-state index contributed by atoms with van der Waals surface area (Å²) in [6, 6.07) is 27.0. The Balaban J connectivity index is 0.936. The van der Waals surface area contributed by atoms with E-state index in [-0.39, 0.29) is 12.0 Å². The van der Waals surface area contributed by atoms with E-state index >= 15 is 0 Å². The topological polar surface area (TPSA) is 119 Å². The standard InChI is InChI=1S/C38H45N9O3/c1-3-32(4-2)47-37(48)45(28-42-47)34-12-10-33(11-13-34)43-18-20-44(21-19-43)36-15-14-35(22-30(36)24-39)49-25-29-23-38(50-26-29,27-46-40-16-17-41-46)31-8-6-5-7-9-31/h5-17,22,28-29,32,37,48H,3-4,18-21,23,25-27H2,1-2H3/t29-,37?,38+/m0/s1. The van der Waals surface area contributed by atoms with Gasteiger partial charge in [0.25, 0.3) is 0 Å². The van der Waals surface area contributed by atoms with Gasteiger partial charge in [-0.3, -0.25) is 4.90 Å². The number of hydrazone groups is 1. The van der Waals surface area contributed by atoms with E-state index in [0.717, 1.165) is 68.1 Å². The molecule has 1 N–H and O–H groups in total. The molecule has 0 spiro atoms. The van der Waals surface area contributed by atoms with Gasteiger partial charge in [0, 0.05) is 43.5 Å². The van der Waals surface area contributed by atoms with E-state index in [4.69, 9.17) is 9.47 Å². The lowest BCUT2D eigenvalue weighted by atomic mass is 9.87. The zero-order valence-electron chi connectivity index (χ0n) is 28.8. The normalized spacial score (nSPS) is 22.1. The Morgan fingerprint density at radius 1 is 0.940 bits per heavy atom. The van der Waals surface area contributed by atoms with Crippen molar-refractivity contribution < 1.29 is 14.6 Å². The molecule has 2 saturated heterocycles. The fourth-order valence-electron chi connectivity index (χ4n) is 7.40. The van der Waals surface area contributed by atoms with E-state index in [1.54, 1.807) is 33.4 Å². The molecule has 50 heavy (non-hydrogen) atoms. The Morgan fingerprint density at radius 3 is 2.34 bits per heavy atom. The van der Waals surface area contributed by atoms with Crippen molar-refractivity contribution in [3.63, 3.8) is 0 Å². The van der Waals surface area contributed by atoms with Gasteiger partial charge in [-0.05, 0) is 67.3 Å². The monoisotopic (exact) mass is 675 g/mol. The molecule has 4 aromatic rings. The Labute approximate surface area is 293 Å². The lowest BCUT2D eigenvalue weighted by Gasteiger charge is -2.38. The Hall–Kier alpha value is -5.12. The summed E-state index contributed by atoms with van der Waals surface area (Å²) in [4.78, 5) is 8.12. The first-order valence-corrected chi connectivity index (χ1v) is 17.6. The fourth-order valence-corrected chi connectivity index (χ4v) is 7.40. The zero-order chi connectivity index (χ0) is 34.5. The van der Waals surface area contributed by atoms with Crippen molar-refractivity contribution in [3.05, 3.63) is 96.3 Å². The van der Waals surface area contributed by atoms with Crippen LogP contribution in [0.4, 0.5) is 17.1 Å². The average molecular weight is 676 g/mol. The molecule has 12 nitrogen and oxygen atoms in total. The van der Waals surface area contributed by atoms with Crippen LogP contribution in [0.25, 0.3) is 0 Å². The van der Waals surface area contributed by atoms with Gasteiger partial charge in [0.1, 0.15) is 23.8 Å². The van der Waals surface area contributed by atoms with Crippen LogP contribution in [0.1, 0.15) is 44.2 Å². The number of benzene rings is 3. The minimum absolute atomic E-state index is 0.177. The quantitative estimate of drug-likeness (QED) is 0.219. The molecule has 3 aliphatic rings. The largest absolute Gasteiger partial charge is 0.493 e. The van der Waals surface area contributed by atoms with E-state index < -0.39 is 12.0 Å². The number of piperazine rings is 1. The molecule has 4 heterocycles. The van der Waals surface area contributed by atoms with Crippen LogP contribution in [-0.4, -0.2) is 83.2 Å². The lowest BCUT2D eigenvalue weighted by molar-refractivity contribution is -0.0209. The number of aromatic nitrogens is 3. The van der Waals surface area contributed by atoms with E-state index in [2.05, 4.69) is 69.3 Å². The molecule has 260 valence electrons. The highest BCUT2D eigenvalue weighted by atomic mass is 16.5. The van der Waals surface area contributed by atoms with Crippen LogP contribution < -0.4 is 19.4 Å². The summed E-state index contributed by atoms with van der Waals surface area (Å²) in [5, 5.41) is 35.9. The highest BCUT2D eigenvalue weighted by Gasteiger charge is 2.43. The average Bonchev–Trinajstić information content (AvgIpc) is 3.93. The van der Waals surface area contributed by atoms with Gasteiger partial charge in [-0.15, -0.1) is 0 Å². The summed E-state index contributed by atoms with van der Waals surface area (Å²) >= 11 is 0. The van der Waals surface area contributed by atoms with Crippen LogP contribution in [0.2, 0.25) is 0 Å². The van der Waals surface area contributed by atoms with Gasteiger partial charge in [-0.2, -0.15) is 25.4 Å². The summed E-state index contributed by atoms with van der Waals surface area (Å²) in [7, 11) is 0. The van der Waals surface area contributed by atoms with Crippen LogP contribution in [0, 0.1) is 17.2 Å². The van der Waals surface area contributed by atoms with Gasteiger partial charge in [0.05, 0.1) is 49.4 Å². The number of nitrogens with zero attached hydrogens (tertiary/aromatic N) is 9. The van der Waals surface area contributed by atoms with Crippen LogP contribution >= 0.6 is 0 Å². The van der Waals surface area contributed by atoms with Gasteiger partial charge in [-0.1, -0.05) is 44.2 Å². The summed E-state index contributed by atoms with van der Waals surface area (Å²) in [5.41, 5.74) is 4.15. The number of rotatable bonds is 12. The Kier molecular flexibility index (Phi) is 9.87. The second-order valence-corrected chi connectivity index (χ2v) is 13.2. The zero-order valence-corrected chi connectivity index (χ0v) is 28.8. The van der Waals surface area contributed by atoms with E-state index in [0.29, 0.717) is 31.1 Å². The number of nitriles is 1. The molecular weight excluding hydrogens is 630 g/mol. The third-order valence-corrected chi connectivity index (χ3v) is 10.2. The number of anilines is 3. The van der Waals surface area contributed by atoms with Gasteiger partial charge >= 0.3 is 0 Å². The minimum Gasteiger partial charge on any atom is -0.493 e. The highest BCUT2D eigenvalue weighted by Crippen LogP contribution is 2.41. The van der Waals surface area contributed by atoms with E-state index in [9.17, 15) is 10.4 Å². The third kappa shape index (κ3) is 6.84. The smallest absolute Gasteiger partial charge is 0.228 e. The highest BCUT2D eigenvalue weighted by molar-refractivity contribution is 5.81. The molecule has 0 radical (unpaired) electrons. The third-order valence-electron chi connectivity index (χ3n) is 10.2. The van der Waals surface area contributed by atoms with Gasteiger partial charge in [-0.25, -0.2) is 5.01 Å². The number of aliphatic hydroxyl groups excluding tert-OH is 1. The SMILES string of the molecule is CCC(CC)N1N=CN(c2ccc(N3CCN(c4ccc(OC[C@H]5CO[C@](Cn6nccn6)(c6ccccc6)C5)cc4C#N)CC3)cc2)C1O. The molecule has 7 rings (SSSR count). The predicted octanol–water partition coefficient (Wildman–Crippen LogP) is 5.02. The van der Waals surface area contributed by atoms with Crippen LogP contribution in [0.15, 0.2) is 90.3 Å². The first-order chi connectivity index (χ1) is 24.5. The summed E-state index contributed by atoms with van der Waals surface area (Å²) in [6.07, 6.45) is 6.91. The number of ether oxygens (including phenoxy) is 2. The molecule has 3 aliphatic heterocycles. The van der Waals surface area contributed by atoms with Crippen molar-refractivity contribution >= 4 is 23.4 Å². The number of hydrogen-bond acceptors (Lipinski definition) is 11. The Bertz CT molecular complexity index is 1770. The van der Waals surface area contributed by atoms with Crippen LogP contribution in [0.5, 0.6) is 5.75 Å². The van der Waals surface area contributed by atoms with Crippen molar-refractivity contribution in [1.29, 1.82) is 5.26 Å². The van der Waals surface area contributed by atoms with Crippen LogP contribution in [-0.2, 0) is 16.9 Å². The van der Waals surface area contributed by atoms with Crippen molar-refractivity contribution in [2.75, 3.05) is 54.1 Å². The lowest BCUT2D eigenvalue weighted by Crippen LogP contribution is -2.46.